The minimum absolute atomic E-state index is 0.0141. The molecule has 0 fully saturated rings. The molecule has 0 saturated carbocycles. The number of aliphatic imine (C=N–C) groups is 2. The summed E-state index contributed by atoms with van der Waals surface area (Å²) < 4.78 is 10.2. The van der Waals surface area contributed by atoms with E-state index in [4.69, 9.17) is 9.15 Å². The van der Waals surface area contributed by atoms with E-state index < -0.39 is 12.0 Å². The number of benzene rings is 1. The SMILES string of the molecule is CCOC(=O)CSC1=Nc2ccccc2C2=NC(CC(=O)NCc3ccco3)C(=O)N12. The van der Waals surface area contributed by atoms with Gasteiger partial charge >= 0.3 is 5.97 Å². The van der Waals surface area contributed by atoms with E-state index in [1.165, 1.54) is 11.2 Å². The van der Waals surface area contributed by atoms with Gasteiger partial charge in [-0.3, -0.25) is 19.4 Å². The van der Waals surface area contributed by atoms with Gasteiger partial charge in [0.15, 0.2) is 5.17 Å². The second-order valence-electron chi connectivity index (χ2n) is 6.71. The molecule has 0 saturated heterocycles. The monoisotopic (exact) mass is 440 g/mol. The molecule has 2 aliphatic heterocycles. The van der Waals surface area contributed by atoms with Crippen LogP contribution in [0, 0.1) is 0 Å². The zero-order valence-corrected chi connectivity index (χ0v) is 17.6. The average Bonchev–Trinajstić information content (AvgIpc) is 3.39. The molecule has 0 radical (unpaired) electrons. The molecule has 2 aromatic rings. The highest BCUT2D eigenvalue weighted by Crippen LogP contribution is 2.34. The smallest absolute Gasteiger partial charge is 0.316 e. The summed E-state index contributed by atoms with van der Waals surface area (Å²) in [5, 5.41) is 3.07. The summed E-state index contributed by atoms with van der Waals surface area (Å²) in [4.78, 5) is 47.7. The first-order valence-corrected chi connectivity index (χ1v) is 10.7. The van der Waals surface area contributed by atoms with E-state index in [1.807, 2.05) is 24.3 Å². The van der Waals surface area contributed by atoms with Crippen LogP contribution in [0.3, 0.4) is 0 Å². The molecule has 4 rings (SSSR count). The van der Waals surface area contributed by atoms with E-state index in [-0.39, 0.29) is 37.1 Å². The van der Waals surface area contributed by atoms with E-state index in [2.05, 4.69) is 15.3 Å². The maximum Gasteiger partial charge on any atom is 0.316 e. The van der Waals surface area contributed by atoms with Crippen LogP contribution in [0.25, 0.3) is 0 Å². The fourth-order valence-electron chi connectivity index (χ4n) is 3.20. The molecule has 9 nitrogen and oxygen atoms in total. The van der Waals surface area contributed by atoms with Crippen molar-refractivity contribution in [3.05, 3.63) is 54.0 Å². The van der Waals surface area contributed by atoms with Gasteiger partial charge in [0.1, 0.15) is 17.6 Å². The number of amides is 2. The van der Waals surface area contributed by atoms with Crippen LogP contribution in [-0.4, -0.2) is 52.1 Å². The highest BCUT2D eigenvalue weighted by molar-refractivity contribution is 8.14. The lowest BCUT2D eigenvalue weighted by Gasteiger charge is -2.25. The molecule has 1 aromatic heterocycles. The number of furan rings is 1. The molecule has 2 aliphatic rings. The number of rotatable bonds is 7. The lowest BCUT2D eigenvalue weighted by Crippen LogP contribution is -2.42. The van der Waals surface area contributed by atoms with Crippen molar-refractivity contribution in [3.8, 4) is 0 Å². The fourth-order valence-corrected chi connectivity index (χ4v) is 4.00. The number of para-hydroxylation sites is 1. The lowest BCUT2D eigenvalue weighted by molar-refractivity contribution is -0.139. The quantitative estimate of drug-likeness (QED) is 0.661. The summed E-state index contributed by atoms with van der Waals surface area (Å²) in [5.41, 5.74) is 1.36. The Bertz CT molecular complexity index is 1060. The van der Waals surface area contributed by atoms with Gasteiger partial charge in [-0.05, 0) is 31.2 Å². The van der Waals surface area contributed by atoms with Crippen molar-refractivity contribution in [2.24, 2.45) is 9.98 Å². The average molecular weight is 440 g/mol. The summed E-state index contributed by atoms with van der Waals surface area (Å²) in [5.74, 6) is 0.00487. The molecule has 1 unspecified atom stereocenters. The molecule has 3 heterocycles. The van der Waals surface area contributed by atoms with Gasteiger partial charge in [0.25, 0.3) is 5.91 Å². The molecule has 160 valence electrons. The Hall–Kier alpha value is -3.40. The van der Waals surface area contributed by atoms with Crippen molar-refractivity contribution < 1.29 is 23.5 Å². The molecule has 0 bridgehead atoms. The van der Waals surface area contributed by atoms with Gasteiger partial charge in [0.05, 0.1) is 37.3 Å². The number of amidine groups is 2. The summed E-state index contributed by atoms with van der Waals surface area (Å²) in [6, 6.07) is 9.92. The van der Waals surface area contributed by atoms with Crippen LogP contribution in [0.5, 0.6) is 0 Å². The van der Waals surface area contributed by atoms with E-state index >= 15 is 0 Å². The third kappa shape index (κ3) is 4.53. The van der Waals surface area contributed by atoms with Gasteiger partial charge in [-0.1, -0.05) is 23.9 Å². The second kappa shape index (κ2) is 9.17. The maximum atomic E-state index is 13.1. The van der Waals surface area contributed by atoms with Crippen LogP contribution in [0.2, 0.25) is 0 Å². The van der Waals surface area contributed by atoms with Gasteiger partial charge < -0.3 is 14.5 Å². The van der Waals surface area contributed by atoms with Gasteiger partial charge in [0.2, 0.25) is 5.91 Å². The lowest BCUT2D eigenvalue weighted by atomic mass is 10.1. The van der Waals surface area contributed by atoms with Crippen molar-refractivity contribution in [2.75, 3.05) is 12.4 Å². The zero-order chi connectivity index (χ0) is 21.8. The maximum absolute atomic E-state index is 13.1. The standard InChI is InChI=1S/C21H20N4O5S/c1-2-29-18(27)12-31-21-24-15-8-4-3-7-14(15)19-23-16(20(28)25(19)21)10-17(26)22-11-13-6-5-9-30-13/h3-9,16H,2,10-12H2,1H3,(H,22,26). The number of hydrogen-bond acceptors (Lipinski definition) is 8. The van der Waals surface area contributed by atoms with E-state index in [1.54, 1.807) is 19.1 Å². The van der Waals surface area contributed by atoms with Crippen molar-refractivity contribution in [2.45, 2.75) is 25.9 Å². The molecule has 1 atom stereocenters. The number of esters is 1. The summed E-state index contributed by atoms with van der Waals surface area (Å²) >= 11 is 1.11. The molecule has 1 aromatic carbocycles. The van der Waals surface area contributed by atoms with Gasteiger partial charge in [-0.25, -0.2) is 9.89 Å². The van der Waals surface area contributed by atoms with Crippen molar-refractivity contribution in [1.29, 1.82) is 0 Å². The first-order valence-electron chi connectivity index (χ1n) is 9.74. The largest absolute Gasteiger partial charge is 0.467 e. The number of hydrogen-bond donors (Lipinski definition) is 1. The van der Waals surface area contributed by atoms with Crippen LogP contribution in [-0.2, 0) is 25.7 Å². The molecule has 1 N–H and O–H groups in total. The number of ether oxygens (including phenoxy) is 1. The van der Waals surface area contributed by atoms with Crippen LogP contribution in [0.15, 0.2) is 57.1 Å². The first kappa shape index (κ1) is 20.9. The molecule has 0 spiro atoms. The third-order valence-electron chi connectivity index (χ3n) is 4.59. The summed E-state index contributed by atoms with van der Waals surface area (Å²) in [6.07, 6.45) is 1.43. The first-order chi connectivity index (χ1) is 15.1. The molecule has 31 heavy (non-hydrogen) atoms. The van der Waals surface area contributed by atoms with Gasteiger partial charge in [-0.2, -0.15) is 0 Å². The van der Waals surface area contributed by atoms with E-state index in [9.17, 15) is 14.4 Å². The molecular formula is C21H20N4O5S. The highest BCUT2D eigenvalue weighted by Gasteiger charge is 2.42. The predicted molar refractivity (Wildman–Crippen MR) is 115 cm³/mol. The minimum atomic E-state index is -0.869. The van der Waals surface area contributed by atoms with E-state index in [0.717, 1.165) is 11.8 Å². The number of thioether (sulfide) groups is 1. The summed E-state index contributed by atoms with van der Waals surface area (Å²) in [7, 11) is 0. The topological polar surface area (TPSA) is 114 Å². The van der Waals surface area contributed by atoms with Gasteiger partial charge in [0, 0.05) is 5.56 Å². The molecular weight excluding hydrogens is 420 g/mol. The number of carbonyl (C=O) groups is 3. The fraction of sp³-hybridized carbons (Fsp3) is 0.286. The Labute approximate surface area is 182 Å². The van der Waals surface area contributed by atoms with Crippen molar-refractivity contribution >= 4 is 46.2 Å². The molecule has 2 amide bonds. The number of carbonyl (C=O) groups excluding carboxylic acids is 3. The molecule has 10 heteroatoms. The van der Waals surface area contributed by atoms with Gasteiger partial charge in [-0.15, -0.1) is 0 Å². The van der Waals surface area contributed by atoms with Crippen LogP contribution in [0.1, 0.15) is 24.7 Å². The number of nitrogens with one attached hydrogen (secondary N) is 1. The molecule has 0 aliphatic carbocycles. The zero-order valence-electron chi connectivity index (χ0n) is 16.7. The van der Waals surface area contributed by atoms with Crippen molar-refractivity contribution in [1.82, 2.24) is 10.2 Å². The Morgan fingerprint density at radius 3 is 2.87 bits per heavy atom. The Morgan fingerprint density at radius 1 is 1.26 bits per heavy atom. The predicted octanol–water partition coefficient (Wildman–Crippen LogP) is 2.24. The van der Waals surface area contributed by atoms with Crippen LogP contribution < -0.4 is 5.32 Å². The highest BCUT2D eigenvalue weighted by atomic mass is 32.2. The summed E-state index contributed by atoms with van der Waals surface area (Å²) in [6.45, 7) is 2.24. The Kier molecular flexibility index (Phi) is 6.17. The normalized spacial score (nSPS) is 16.9. The third-order valence-corrected chi connectivity index (χ3v) is 5.50. The second-order valence-corrected chi connectivity index (χ2v) is 7.65. The van der Waals surface area contributed by atoms with Crippen LogP contribution in [0.4, 0.5) is 5.69 Å². The Morgan fingerprint density at radius 2 is 2.10 bits per heavy atom. The van der Waals surface area contributed by atoms with Crippen molar-refractivity contribution in [3.63, 3.8) is 0 Å². The van der Waals surface area contributed by atoms with Crippen LogP contribution >= 0.6 is 11.8 Å². The number of fused-ring (bicyclic) bond motifs is 3. The number of nitrogens with zero attached hydrogens (tertiary/aromatic N) is 3. The minimum Gasteiger partial charge on any atom is -0.467 e. The van der Waals surface area contributed by atoms with E-state index in [0.29, 0.717) is 28.0 Å². The Balaban J connectivity index is 1.51.